The highest BCUT2D eigenvalue weighted by Crippen LogP contribution is 2.34. The number of pyridine rings is 1. The average molecular weight is 287 g/mol. The van der Waals surface area contributed by atoms with E-state index in [1.807, 2.05) is 0 Å². The van der Waals surface area contributed by atoms with Crippen LogP contribution in [-0.4, -0.2) is 21.1 Å². The van der Waals surface area contributed by atoms with E-state index in [-0.39, 0.29) is 11.8 Å². The van der Waals surface area contributed by atoms with Gasteiger partial charge in [-0.2, -0.15) is 0 Å². The lowest BCUT2D eigenvalue weighted by Gasteiger charge is -2.09. The highest BCUT2D eigenvalue weighted by atomic mass is 79.9. The van der Waals surface area contributed by atoms with Crippen LogP contribution < -0.4 is 0 Å². The number of nitro groups is 1. The molecule has 0 aromatic carbocycles. The van der Waals surface area contributed by atoms with Gasteiger partial charge >= 0.3 is 0 Å². The van der Waals surface area contributed by atoms with Gasteiger partial charge < -0.3 is 5.11 Å². The van der Waals surface area contributed by atoms with E-state index in [0.29, 0.717) is 22.5 Å². The Morgan fingerprint density at radius 3 is 2.88 bits per heavy atom. The Morgan fingerprint density at radius 1 is 1.69 bits per heavy atom. The lowest BCUT2D eigenvalue weighted by Crippen LogP contribution is -2.14. The summed E-state index contributed by atoms with van der Waals surface area (Å²) in [6, 6.07) is 1.42. The molecule has 5 nitrogen and oxygen atoms in total. The SMILES string of the molecule is O=[N+]([O-])c1cnc(CC(O)C2CC2)c(Br)c1. The Hall–Kier alpha value is -1.01. The summed E-state index contributed by atoms with van der Waals surface area (Å²) in [5, 5.41) is 20.3. The van der Waals surface area contributed by atoms with E-state index >= 15 is 0 Å². The minimum absolute atomic E-state index is 0.0449. The first kappa shape index (κ1) is 11.5. The molecule has 2 rings (SSSR count). The van der Waals surface area contributed by atoms with Gasteiger partial charge in [0, 0.05) is 17.0 Å². The van der Waals surface area contributed by atoms with Gasteiger partial charge in [0.2, 0.25) is 0 Å². The van der Waals surface area contributed by atoms with Crippen molar-refractivity contribution >= 4 is 21.6 Å². The molecule has 1 saturated carbocycles. The maximum atomic E-state index is 10.5. The molecule has 1 N–H and O–H groups in total. The van der Waals surface area contributed by atoms with Crippen LogP contribution in [0.2, 0.25) is 0 Å². The molecule has 6 heteroatoms. The van der Waals surface area contributed by atoms with E-state index in [2.05, 4.69) is 20.9 Å². The molecular formula is C10H11BrN2O3. The molecule has 0 bridgehead atoms. The first-order valence-electron chi connectivity index (χ1n) is 5.05. The predicted molar refractivity (Wildman–Crippen MR) is 61.0 cm³/mol. The molecule has 0 saturated heterocycles. The van der Waals surface area contributed by atoms with E-state index in [4.69, 9.17) is 0 Å². The summed E-state index contributed by atoms with van der Waals surface area (Å²) in [4.78, 5) is 14.0. The predicted octanol–water partition coefficient (Wildman–Crippen LogP) is 2.07. The molecule has 0 spiro atoms. The second-order valence-electron chi connectivity index (χ2n) is 3.99. The van der Waals surface area contributed by atoms with Crippen molar-refractivity contribution in [2.75, 3.05) is 0 Å². The van der Waals surface area contributed by atoms with Crippen molar-refractivity contribution in [2.24, 2.45) is 5.92 Å². The molecule has 1 aliphatic carbocycles. The lowest BCUT2D eigenvalue weighted by atomic mass is 10.1. The van der Waals surface area contributed by atoms with Gasteiger partial charge in [-0.25, -0.2) is 0 Å². The van der Waals surface area contributed by atoms with Gasteiger partial charge in [0.1, 0.15) is 6.20 Å². The monoisotopic (exact) mass is 286 g/mol. The zero-order valence-electron chi connectivity index (χ0n) is 8.47. The summed E-state index contributed by atoms with van der Waals surface area (Å²) >= 11 is 3.24. The van der Waals surface area contributed by atoms with Gasteiger partial charge in [0.25, 0.3) is 5.69 Å². The fourth-order valence-electron chi connectivity index (χ4n) is 1.55. The molecule has 16 heavy (non-hydrogen) atoms. The van der Waals surface area contributed by atoms with Crippen LogP contribution in [0.5, 0.6) is 0 Å². The van der Waals surface area contributed by atoms with Crippen LogP contribution in [0.4, 0.5) is 5.69 Å². The third kappa shape index (κ3) is 2.56. The normalized spacial score (nSPS) is 17.1. The van der Waals surface area contributed by atoms with Crippen molar-refractivity contribution < 1.29 is 10.0 Å². The first-order chi connectivity index (χ1) is 7.58. The molecule has 1 heterocycles. The maximum absolute atomic E-state index is 10.5. The van der Waals surface area contributed by atoms with Crippen molar-refractivity contribution in [2.45, 2.75) is 25.4 Å². The molecule has 1 aliphatic rings. The molecule has 1 unspecified atom stereocenters. The first-order valence-corrected chi connectivity index (χ1v) is 5.84. The van der Waals surface area contributed by atoms with Gasteiger partial charge in [-0.3, -0.25) is 15.1 Å². The van der Waals surface area contributed by atoms with E-state index in [0.717, 1.165) is 12.8 Å². The van der Waals surface area contributed by atoms with Gasteiger partial charge in [-0.05, 0) is 34.7 Å². The van der Waals surface area contributed by atoms with Crippen molar-refractivity contribution in [3.8, 4) is 0 Å². The van der Waals surface area contributed by atoms with Gasteiger partial charge in [0.05, 0.1) is 16.7 Å². The molecule has 86 valence electrons. The third-order valence-electron chi connectivity index (χ3n) is 2.68. The Balaban J connectivity index is 2.12. The molecule has 1 atom stereocenters. The Kier molecular flexibility index (Phi) is 3.20. The second kappa shape index (κ2) is 4.47. The van der Waals surface area contributed by atoms with Crippen LogP contribution in [0.1, 0.15) is 18.5 Å². The fourth-order valence-corrected chi connectivity index (χ4v) is 2.05. The molecular weight excluding hydrogens is 276 g/mol. The van der Waals surface area contributed by atoms with Crippen LogP contribution in [0, 0.1) is 16.0 Å². The van der Waals surface area contributed by atoms with Crippen molar-refractivity contribution in [3.63, 3.8) is 0 Å². The number of aromatic nitrogens is 1. The van der Waals surface area contributed by atoms with E-state index < -0.39 is 4.92 Å². The second-order valence-corrected chi connectivity index (χ2v) is 4.84. The molecule has 0 aliphatic heterocycles. The number of hydrogen-bond acceptors (Lipinski definition) is 4. The third-order valence-corrected chi connectivity index (χ3v) is 3.37. The van der Waals surface area contributed by atoms with E-state index in [1.54, 1.807) is 0 Å². The minimum atomic E-state index is -0.487. The summed E-state index contributed by atoms with van der Waals surface area (Å²) in [6.45, 7) is 0. The highest BCUT2D eigenvalue weighted by Gasteiger charge is 2.30. The number of aliphatic hydroxyl groups is 1. The van der Waals surface area contributed by atoms with Crippen LogP contribution in [0.25, 0.3) is 0 Å². The summed E-state index contributed by atoms with van der Waals surface area (Å²) < 4.78 is 0.585. The largest absolute Gasteiger partial charge is 0.392 e. The molecule has 0 amide bonds. The standard InChI is InChI=1S/C10H11BrN2O3/c11-8-3-7(13(15)16)5-12-9(8)4-10(14)6-1-2-6/h3,5-6,10,14H,1-2,4H2. The number of rotatable bonds is 4. The topological polar surface area (TPSA) is 76.3 Å². The van der Waals surface area contributed by atoms with Crippen LogP contribution in [0.3, 0.4) is 0 Å². The van der Waals surface area contributed by atoms with E-state index in [1.165, 1.54) is 12.3 Å². The Bertz CT molecular complexity index is 421. The highest BCUT2D eigenvalue weighted by molar-refractivity contribution is 9.10. The Morgan fingerprint density at radius 2 is 2.38 bits per heavy atom. The zero-order chi connectivity index (χ0) is 11.7. The summed E-state index contributed by atoms with van der Waals surface area (Å²) in [6.07, 6.45) is 3.41. The van der Waals surface area contributed by atoms with Crippen LogP contribution >= 0.6 is 15.9 Å². The Labute approximate surface area is 101 Å². The van der Waals surface area contributed by atoms with Crippen LogP contribution in [-0.2, 0) is 6.42 Å². The fraction of sp³-hybridized carbons (Fsp3) is 0.500. The maximum Gasteiger partial charge on any atom is 0.288 e. The number of hydrogen-bond donors (Lipinski definition) is 1. The smallest absolute Gasteiger partial charge is 0.288 e. The molecule has 0 radical (unpaired) electrons. The van der Waals surface area contributed by atoms with Crippen LogP contribution in [0.15, 0.2) is 16.7 Å². The van der Waals surface area contributed by atoms with Gasteiger partial charge in [0.15, 0.2) is 0 Å². The number of aliphatic hydroxyl groups excluding tert-OH is 1. The lowest BCUT2D eigenvalue weighted by molar-refractivity contribution is -0.385. The van der Waals surface area contributed by atoms with Crippen molar-refractivity contribution in [3.05, 3.63) is 32.5 Å². The quantitative estimate of drug-likeness (QED) is 0.679. The average Bonchev–Trinajstić information content (AvgIpc) is 3.03. The molecule has 1 aromatic rings. The number of halogens is 1. The summed E-state index contributed by atoms with van der Waals surface area (Å²) in [5.74, 6) is 0.379. The van der Waals surface area contributed by atoms with Crippen molar-refractivity contribution in [1.29, 1.82) is 0 Å². The summed E-state index contributed by atoms with van der Waals surface area (Å²) in [5.41, 5.74) is 0.626. The zero-order valence-corrected chi connectivity index (χ0v) is 10.1. The molecule has 1 fully saturated rings. The van der Waals surface area contributed by atoms with Gasteiger partial charge in [-0.15, -0.1) is 0 Å². The number of nitrogens with zero attached hydrogens (tertiary/aromatic N) is 2. The minimum Gasteiger partial charge on any atom is -0.392 e. The van der Waals surface area contributed by atoms with E-state index in [9.17, 15) is 15.2 Å². The summed E-state index contributed by atoms with van der Waals surface area (Å²) in [7, 11) is 0. The molecule has 1 aromatic heterocycles. The van der Waals surface area contributed by atoms with Crippen molar-refractivity contribution in [1.82, 2.24) is 4.98 Å². The van der Waals surface area contributed by atoms with Gasteiger partial charge in [-0.1, -0.05) is 0 Å².